The monoisotopic (exact) mass is 464 g/mol. The molecule has 0 aliphatic heterocycles. The van der Waals surface area contributed by atoms with Gasteiger partial charge < -0.3 is 11.1 Å². The van der Waals surface area contributed by atoms with Gasteiger partial charge in [0.05, 0.1) is 5.52 Å². The second kappa shape index (κ2) is 11.0. The lowest BCUT2D eigenvalue weighted by atomic mass is 9.91. The molecule has 1 aliphatic rings. The second-order valence-electron chi connectivity index (χ2n) is 7.60. The molecule has 0 saturated heterocycles. The molecule has 0 spiro atoms. The topological polar surface area (TPSA) is 63.8 Å². The smallest absolute Gasteiger partial charge is 0.154 e. The molecule has 1 aromatic heterocycles. The number of nitrogens with zero attached hydrogens (tertiary/aromatic N) is 2. The van der Waals surface area contributed by atoms with Crippen molar-refractivity contribution in [2.45, 2.75) is 44.7 Å². The number of aromatic nitrogens is 2. The zero-order valence-corrected chi connectivity index (χ0v) is 19.2. The van der Waals surface area contributed by atoms with E-state index >= 15 is 0 Å². The Labute approximate surface area is 195 Å². The summed E-state index contributed by atoms with van der Waals surface area (Å²) in [6, 6.07) is 14.6. The van der Waals surface area contributed by atoms with Crippen LogP contribution < -0.4 is 11.1 Å². The summed E-state index contributed by atoms with van der Waals surface area (Å²) < 4.78 is 0. The molecule has 30 heavy (non-hydrogen) atoms. The lowest BCUT2D eigenvalue weighted by Gasteiger charge is -2.28. The summed E-state index contributed by atoms with van der Waals surface area (Å²) in [4.78, 5) is 9.55. The van der Waals surface area contributed by atoms with Crippen LogP contribution in [0.4, 0.5) is 5.82 Å². The van der Waals surface area contributed by atoms with E-state index in [1.807, 2.05) is 36.4 Å². The van der Waals surface area contributed by atoms with Gasteiger partial charge in [0.1, 0.15) is 5.82 Å². The molecule has 1 heterocycles. The molecule has 0 bridgehead atoms. The molecule has 2 atom stereocenters. The van der Waals surface area contributed by atoms with Crippen LogP contribution in [-0.4, -0.2) is 22.1 Å². The first-order valence-electron chi connectivity index (χ1n) is 9.81. The van der Waals surface area contributed by atoms with Crippen molar-refractivity contribution in [3.8, 4) is 0 Å². The molecule has 4 nitrogen and oxygen atoms in total. The van der Waals surface area contributed by atoms with E-state index in [2.05, 4.69) is 30.4 Å². The third-order valence-corrected chi connectivity index (χ3v) is 5.47. The van der Waals surface area contributed by atoms with Crippen LogP contribution in [0, 0.1) is 6.92 Å². The number of fused-ring (bicyclic) bond motifs is 1. The van der Waals surface area contributed by atoms with Gasteiger partial charge in [0.25, 0.3) is 0 Å². The number of nitrogens with one attached hydrogen (secondary N) is 1. The predicted octanol–water partition coefficient (Wildman–Crippen LogP) is 6.29. The number of rotatable bonds is 4. The van der Waals surface area contributed by atoms with Crippen molar-refractivity contribution >= 4 is 65.3 Å². The first-order chi connectivity index (χ1) is 13.6. The lowest BCUT2D eigenvalue weighted by Crippen LogP contribution is -2.35. The van der Waals surface area contributed by atoms with Crippen LogP contribution in [0.1, 0.15) is 42.6 Å². The van der Waals surface area contributed by atoms with Gasteiger partial charge in [-0.25, -0.2) is 9.97 Å². The summed E-state index contributed by atoms with van der Waals surface area (Å²) in [5.74, 6) is 1.58. The van der Waals surface area contributed by atoms with E-state index in [1.54, 1.807) is 0 Å². The van der Waals surface area contributed by atoms with Gasteiger partial charge in [-0.3, -0.25) is 0 Å². The fourth-order valence-electron chi connectivity index (χ4n) is 3.74. The number of nitrogens with two attached hydrogens (primary N) is 1. The van der Waals surface area contributed by atoms with E-state index in [4.69, 9.17) is 27.3 Å². The van der Waals surface area contributed by atoms with Crippen LogP contribution in [0.25, 0.3) is 23.1 Å². The molecular weight excluding hydrogens is 439 g/mol. The molecule has 4 rings (SSSR count). The fourth-order valence-corrected chi connectivity index (χ4v) is 3.87. The first kappa shape index (κ1) is 24.4. The Kier molecular flexibility index (Phi) is 8.92. The van der Waals surface area contributed by atoms with Crippen LogP contribution in [0.15, 0.2) is 42.5 Å². The van der Waals surface area contributed by atoms with Crippen molar-refractivity contribution in [3.05, 3.63) is 64.4 Å². The minimum Gasteiger partial charge on any atom is -0.367 e. The van der Waals surface area contributed by atoms with Gasteiger partial charge in [-0.1, -0.05) is 41.4 Å². The highest BCUT2D eigenvalue weighted by atomic mass is 35.5. The van der Waals surface area contributed by atoms with Gasteiger partial charge in [-0.2, -0.15) is 0 Å². The number of anilines is 1. The quantitative estimate of drug-likeness (QED) is 0.475. The van der Waals surface area contributed by atoms with Gasteiger partial charge in [-0.15, -0.1) is 24.8 Å². The molecular formula is C23H27Cl3N4. The molecule has 1 aliphatic carbocycles. The number of hydrogen-bond acceptors (Lipinski definition) is 4. The SMILES string of the molecule is Cc1ccc2nc(/C=C\c3ccc(Cl)cc3)nc(NC3CCCC(N)C3)c2c1.Cl.Cl. The van der Waals surface area contributed by atoms with E-state index in [0.717, 1.165) is 53.0 Å². The van der Waals surface area contributed by atoms with Crippen molar-refractivity contribution < 1.29 is 0 Å². The summed E-state index contributed by atoms with van der Waals surface area (Å²) in [7, 11) is 0. The van der Waals surface area contributed by atoms with Gasteiger partial charge in [0.15, 0.2) is 5.82 Å². The third-order valence-electron chi connectivity index (χ3n) is 5.22. The van der Waals surface area contributed by atoms with Gasteiger partial charge in [0, 0.05) is 22.5 Å². The van der Waals surface area contributed by atoms with E-state index < -0.39 is 0 Å². The average molecular weight is 466 g/mol. The van der Waals surface area contributed by atoms with Crippen molar-refractivity contribution in [1.29, 1.82) is 0 Å². The number of benzene rings is 2. The van der Waals surface area contributed by atoms with Crippen molar-refractivity contribution in [1.82, 2.24) is 9.97 Å². The highest BCUT2D eigenvalue weighted by molar-refractivity contribution is 6.30. The zero-order chi connectivity index (χ0) is 19.5. The normalized spacial score (nSPS) is 18.6. The van der Waals surface area contributed by atoms with Crippen LogP contribution in [0.5, 0.6) is 0 Å². The van der Waals surface area contributed by atoms with Crippen LogP contribution >= 0.6 is 36.4 Å². The van der Waals surface area contributed by atoms with Crippen LogP contribution in [0.2, 0.25) is 5.02 Å². The Hall–Kier alpha value is -1.85. The maximum atomic E-state index is 6.17. The summed E-state index contributed by atoms with van der Waals surface area (Å²) in [6.07, 6.45) is 8.32. The molecule has 7 heteroatoms. The summed E-state index contributed by atoms with van der Waals surface area (Å²) in [6.45, 7) is 2.09. The Bertz CT molecular complexity index is 1010. The highest BCUT2D eigenvalue weighted by Crippen LogP contribution is 2.26. The molecule has 3 aromatic rings. The number of hydrogen-bond donors (Lipinski definition) is 2. The van der Waals surface area contributed by atoms with Crippen LogP contribution in [0.3, 0.4) is 0 Å². The zero-order valence-electron chi connectivity index (χ0n) is 16.8. The Morgan fingerprint density at radius 1 is 1.03 bits per heavy atom. The standard InChI is InChI=1S/C23H25ClN4.2ClH/c1-15-5-11-21-20(13-15)23(26-19-4-2-3-18(25)14-19)28-22(27-21)12-8-16-6-9-17(24)10-7-16;;/h5-13,18-19H,2-4,14,25H2,1H3,(H,26,27,28);2*1H/b12-8-;;. The van der Waals surface area contributed by atoms with Crippen molar-refractivity contribution in [2.75, 3.05) is 5.32 Å². The maximum absolute atomic E-state index is 6.17. The van der Waals surface area contributed by atoms with Gasteiger partial charge >= 0.3 is 0 Å². The van der Waals surface area contributed by atoms with Crippen LogP contribution in [-0.2, 0) is 0 Å². The van der Waals surface area contributed by atoms with Crippen molar-refractivity contribution in [2.24, 2.45) is 5.73 Å². The number of aryl methyl sites for hydroxylation is 1. The van der Waals surface area contributed by atoms with E-state index in [-0.39, 0.29) is 30.9 Å². The largest absolute Gasteiger partial charge is 0.367 e. The second-order valence-corrected chi connectivity index (χ2v) is 8.04. The van der Waals surface area contributed by atoms with Gasteiger partial charge in [-0.05, 0) is 68.5 Å². The minimum absolute atomic E-state index is 0. The molecule has 0 radical (unpaired) electrons. The lowest BCUT2D eigenvalue weighted by molar-refractivity contribution is 0.409. The minimum atomic E-state index is 0. The predicted molar refractivity (Wildman–Crippen MR) is 133 cm³/mol. The molecule has 160 valence electrons. The molecule has 2 aromatic carbocycles. The maximum Gasteiger partial charge on any atom is 0.154 e. The van der Waals surface area contributed by atoms with E-state index in [1.165, 1.54) is 5.56 Å². The molecule has 2 unspecified atom stereocenters. The summed E-state index contributed by atoms with van der Waals surface area (Å²) in [5, 5.41) is 5.43. The average Bonchev–Trinajstić information content (AvgIpc) is 2.68. The molecule has 3 N–H and O–H groups in total. The van der Waals surface area contributed by atoms with Crippen molar-refractivity contribution in [3.63, 3.8) is 0 Å². The van der Waals surface area contributed by atoms with E-state index in [9.17, 15) is 0 Å². The molecule has 1 saturated carbocycles. The molecule has 1 fully saturated rings. The third kappa shape index (κ3) is 6.08. The van der Waals surface area contributed by atoms with Gasteiger partial charge in [0.2, 0.25) is 0 Å². The highest BCUT2D eigenvalue weighted by Gasteiger charge is 2.20. The molecule has 0 amide bonds. The Balaban J connectivity index is 0.00000160. The number of halogens is 3. The first-order valence-corrected chi connectivity index (χ1v) is 10.2. The summed E-state index contributed by atoms with van der Waals surface area (Å²) >= 11 is 5.96. The Morgan fingerprint density at radius 3 is 2.53 bits per heavy atom. The summed E-state index contributed by atoms with van der Waals surface area (Å²) in [5.41, 5.74) is 9.38. The fraction of sp³-hybridized carbons (Fsp3) is 0.304. The van der Waals surface area contributed by atoms with E-state index in [0.29, 0.717) is 11.9 Å². The Morgan fingerprint density at radius 2 is 1.80 bits per heavy atom.